The quantitative estimate of drug-likeness (QED) is 0.705. The molecule has 1 saturated heterocycles. The van der Waals surface area contributed by atoms with Crippen molar-refractivity contribution in [2.75, 3.05) is 13.1 Å². The number of amides is 1. The average Bonchev–Trinajstić information content (AvgIpc) is 3.19. The molecular weight excluding hydrogens is 397 g/mol. The number of ether oxygens (including phenoxy) is 1. The summed E-state index contributed by atoms with van der Waals surface area (Å²) < 4.78 is 19.3. The van der Waals surface area contributed by atoms with Gasteiger partial charge >= 0.3 is 5.97 Å². The highest BCUT2D eigenvalue weighted by Gasteiger charge is 2.53. The number of hydrogen-bond acceptors (Lipinski definition) is 5. The van der Waals surface area contributed by atoms with Crippen LogP contribution in [0.15, 0.2) is 24.3 Å². The van der Waals surface area contributed by atoms with Crippen molar-refractivity contribution in [2.45, 2.75) is 76.2 Å². The van der Waals surface area contributed by atoms with E-state index in [9.17, 15) is 14.0 Å². The highest BCUT2D eigenvalue weighted by molar-refractivity contribution is 5.80. The number of halogens is 1. The molecule has 0 aromatic heterocycles. The standard InChI is InChI=1S/C24H30FN3O3/c1-17-2-4-18(5-3-17)16-31-22(30)23-6-9-24(10-7-23,11-8-23)27-14-21(29)28-15-19(25)12-20(28)13-26/h2-5,19-20,27H,6-12,14-16H2,1H3/t19-,20-,23?,24?/m0/s1. The summed E-state index contributed by atoms with van der Waals surface area (Å²) in [6, 6.07) is 9.34. The fraction of sp³-hybridized carbons (Fsp3) is 0.625. The number of carbonyl (C=O) groups excluding carboxylic acids is 2. The van der Waals surface area contributed by atoms with Crippen LogP contribution < -0.4 is 5.32 Å². The van der Waals surface area contributed by atoms with E-state index in [1.807, 2.05) is 37.3 Å². The highest BCUT2D eigenvalue weighted by Crippen LogP contribution is 2.53. The molecule has 3 aliphatic carbocycles. The molecule has 1 heterocycles. The van der Waals surface area contributed by atoms with Crippen LogP contribution in [0.4, 0.5) is 4.39 Å². The molecule has 4 fully saturated rings. The van der Waals surface area contributed by atoms with Gasteiger partial charge in [-0.2, -0.15) is 5.26 Å². The first-order valence-electron chi connectivity index (χ1n) is 11.2. The summed E-state index contributed by atoms with van der Waals surface area (Å²) in [4.78, 5) is 26.8. The predicted molar refractivity (Wildman–Crippen MR) is 112 cm³/mol. The Hall–Kier alpha value is -2.46. The van der Waals surface area contributed by atoms with Gasteiger partial charge in [0.1, 0.15) is 18.8 Å². The molecule has 0 radical (unpaired) electrons. The number of fused-ring (bicyclic) bond motifs is 3. The lowest BCUT2D eigenvalue weighted by Gasteiger charge is -2.52. The number of rotatable bonds is 6. The number of alkyl halides is 1. The van der Waals surface area contributed by atoms with Gasteiger partial charge in [0.2, 0.25) is 5.91 Å². The van der Waals surface area contributed by atoms with Crippen molar-refractivity contribution in [2.24, 2.45) is 5.41 Å². The maximum absolute atomic E-state index is 13.6. The molecule has 1 aromatic rings. The number of aryl methyl sites for hydroxylation is 1. The summed E-state index contributed by atoms with van der Waals surface area (Å²) in [6.45, 7) is 2.43. The molecule has 7 heteroatoms. The van der Waals surface area contributed by atoms with Crippen LogP contribution in [0.2, 0.25) is 0 Å². The topological polar surface area (TPSA) is 82.4 Å². The van der Waals surface area contributed by atoms with E-state index < -0.39 is 17.6 Å². The number of carbonyl (C=O) groups is 2. The van der Waals surface area contributed by atoms with Gasteiger partial charge < -0.3 is 15.0 Å². The van der Waals surface area contributed by atoms with Crippen LogP contribution in [0.5, 0.6) is 0 Å². The van der Waals surface area contributed by atoms with Gasteiger partial charge in [0, 0.05) is 12.0 Å². The Morgan fingerprint density at radius 1 is 1.19 bits per heavy atom. The third kappa shape index (κ3) is 4.45. The molecule has 1 amide bonds. The van der Waals surface area contributed by atoms with Crippen LogP contribution in [-0.2, 0) is 20.9 Å². The number of likely N-dealkylation sites (tertiary alicyclic amines) is 1. The van der Waals surface area contributed by atoms with Crippen LogP contribution in [0.3, 0.4) is 0 Å². The van der Waals surface area contributed by atoms with Gasteiger partial charge in [0.25, 0.3) is 0 Å². The van der Waals surface area contributed by atoms with Gasteiger partial charge in [0.15, 0.2) is 0 Å². The summed E-state index contributed by atoms with van der Waals surface area (Å²) in [7, 11) is 0. The number of nitrogens with zero attached hydrogens (tertiary/aromatic N) is 2. The van der Waals surface area contributed by atoms with Crippen molar-refractivity contribution in [3.63, 3.8) is 0 Å². The summed E-state index contributed by atoms with van der Waals surface area (Å²) in [5.41, 5.74) is 1.59. The van der Waals surface area contributed by atoms with Crippen LogP contribution >= 0.6 is 0 Å². The van der Waals surface area contributed by atoms with E-state index in [4.69, 9.17) is 10.00 Å². The Kier molecular flexibility index (Phi) is 6.02. The minimum Gasteiger partial charge on any atom is -0.460 e. The Bertz CT molecular complexity index is 855. The summed E-state index contributed by atoms with van der Waals surface area (Å²) in [5, 5.41) is 12.6. The predicted octanol–water partition coefficient (Wildman–Crippen LogP) is 3.18. The van der Waals surface area contributed by atoms with E-state index in [-0.39, 0.29) is 36.9 Å². The van der Waals surface area contributed by atoms with E-state index in [0.29, 0.717) is 6.61 Å². The maximum atomic E-state index is 13.6. The van der Waals surface area contributed by atoms with Gasteiger partial charge in [-0.15, -0.1) is 0 Å². The lowest BCUT2D eigenvalue weighted by Crippen LogP contribution is -2.58. The third-order valence-corrected chi connectivity index (χ3v) is 7.50. The monoisotopic (exact) mass is 427 g/mol. The van der Waals surface area contributed by atoms with Crippen molar-refractivity contribution in [1.82, 2.24) is 10.2 Å². The van der Waals surface area contributed by atoms with Crippen molar-refractivity contribution in [1.29, 1.82) is 5.26 Å². The molecule has 0 spiro atoms. The number of nitriles is 1. The molecule has 1 aliphatic heterocycles. The fourth-order valence-electron chi connectivity index (χ4n) is 5.29. The minimum atomic E-state index is -1.12. The smallest absolute Gasteiger partial charge is 0.312 e. The van der Waals surface area contributed by atoms with Crippen LogP contribution in [0, 0.1) is 23.7 Å². The molecule has 166 valence electrons. The van der Waals surface area contributed by atoms with Crippen molar-refractivity contribution < 1.29 is 18.7 Å². The van der Waals surface area contributed by atoms with Gasteiger partial charge in [-0.1, -0.05) is 29.8 Å². The van der Waals surface area contributed by atoms with Gasteiger partial charge in [0.05, 0.1) is 24.6 Å². The van der Waals surface area contributed by atoms with E-state index in [1.54, 1.807) is 0 Å². The second kappa shape index (κ2) is 8.58. The second-order valence-electron chi connectivity index (χ2n) is 9.50. The van der Waals surface area contributed by atoms with Gasteiger partial charge in [-0.25, -0.2) is 4.39 Å². The Balaban J connectivity index is 1.28. The molecule has 31 heavy (non-hydrogen) atoms. The molecular formula is C24H30FN3O3. The zero-order valence-electron chi connectivity index (χ0n) is 18.0. The zero-order chi connectivity index (χ0) is 22.1. The number of esters is 1. The lowest BCUT2D eigenvalue weighted by molar-refractivity contribution is -0.165. The van der Waals surface area contributed by atoms with Crippen molar-refractivity contribution >= 4 is 11.9 Å². The SMILES string of the molecule is Cc1ccc(COC(=O)C23CCC(NCC(=O)N4C[C@@H](F)C[C@H]4C#N)(CC2)CC3)cc1. The summed E-state index contributed by atoms with van der Waals surface area (Å²) in [6.07, 6.45) is 3.66. The second-order valence-corrected chi connectivity index (χ2v) is 9.50. The van der Waals surface area contributed by atoms with E-state index in [1.165, 1.54) is 10.5 Å². The number of hydrogen-bond donors (Lipinski definition) is 1. The molecule has 0 unspecified atom stereocenters. The first-order chi connectivity index (χ1) is 14.8. The number of nitrogens with one attached hydrogen (secondary N) is 1. The zero-order valence-corrected chi connectivity index (χ0v) is 18.0. The average molecular weight is 428 g/mol. The molecule has 6 nitrogen and oxygen atoms in total. The van der Waals surface area contributed by atoms with Crippen LogP contribution in [0.1, 0.15) is 56.1 Å². The molecule has 4 aliphatic rings. The highest BCUT2D eigenvalue weighted by atomic mass is 19.1. The Morgan fingerprint density at radius 2 is 1.84 bits per heavy atom. The molecule has 1 aromatic carbocycles. The molecule has 5 rings (SSSR count). The maximum Gasteiger partial charge on any atom is 0.312 e. The first-order valence-corrected chi connectivity index (χ1v) is 11.2. The molecule has 1 N–H and O–H groups in total. The Morgan fingerprint density at radius 3 is 2.45 bits per heavy atom. The van der Waals surface area contributed by atoms with Crippen LogP contribution in [0.25, 0.3) is 0 Å². The summed E-state index contributed by atoms with van der Waals surface area (Å²) >= 11 is 0. The molecule has 2 bridgehead atoms. The van der Waals surface area contributed by atoms with Gasteiger partial charge in [-0.3, -0.25) is 9.59 Å². The largest absolute Gasteiger partial charge is 0.460 e. The molecule has 3 saturated carbocycles. The normalized spacial score (nSPS) is 32.0. The van der Waals surface area contributed by atoms with Crippen molar-refractivity contribution in [3.8, 4) is 6.07 Å². The van der Waals surface area contributed by atoms with E-state index in [2.05, 4.69) is 5.32 Å². The van der Waals surface area contributed by atoms with Gasteiger partial charge in [-0.05, 0) is 51.0 Å². The molecule has 2 atom stereocenters. The van der Waals surface area contributed by atoms with Crippen molar-refractivity contribution in [3.05, 3.63) is 35.4 Å². The Labute approximate surface area is 182 Å². The summed E-state index contributed by atoms with van der Waals surface area (Å²) in [5.74, 6) is -0.332. The van der Waals surface area contributed by atoms with E-state index in [0.717, 1.165) is 44.1 Å². The van der Waals surface area contributed by atoms with Crippen LogP contribution in [-0.4, -0.2) is 47.6 Å². The lowest BCUT2D eigenvalue weighted by atomic mass is 9.57. The van der Waals surface area contributed by atoms with E-state index >= 15 is 0 Å². The first kappa shape index (κ1) is 21.8. The fourth-order valence-corrected chi connectivity index (χ4v) is 5.29. The third-order valence-electron chi connectivity index (χ3n) is 7.50. The minimum absolute atomic E-state index is 0.00166. The number of benzene rings is 1.